The molecule has 1 amide bonds. The molecule has 1 aromatic rings. The Morgan fingerprint density at radius 3 is 2.77 bits per heavy atom. The molecule has 5 aliphatic rings. The number of hydrogen-bond acceptors (Lipinski definition) is 6. The van der Waals surface area contributed by atoms with E-state index >= 15 is 0 Å². The van der Waals surface area contributed by atoms with Crippen molar-refractivity contribution in [2.75, 3.05) is 26.2 Å². The smallest absolute Gasteiger partial charge is 0.324 e. The molecule has 166 valence electrons. The highest BCUT2D eigenvalue weighted by atomic mass is 16.5. The van der Waals surface area contributed by atoms with Crippen LogP contribution in [-0.2, 0) is 27.2 Å². The summed E-state index contributed by atoms with van der Waals surface area (Å²) in [5.74, 6) is 0.664. The first-order valence-electron chi connectivity index (χ1n) is 11.9. The number of hydrazine groups is 1. The number of amides is 1. The van der Waals surface area contributed by atoms with Crippen LogP contribution in [0.2, 0.25) is 0 Å². The van der Waals surface area contributed by atoms with Crippen molar-refractivity contribution in [2.45, 2.75) is 62.7 Å². The molecule has 0 aromatic heterocycles. The van der Waals surface area contributed by atoms with Crippen LogP contribution < -0.4 is 10.9 Å². The molecule has 7 nitrogen and oxygen atoms in total. The van der Waals surface area contributed by atoms with Crippen molar-refractivity contribution in [3.05, 3.63) is 35.4 Å². The van der Waals surface area contributed by atoms with E-state index in [1.54, 1.807) is 0 Å². The van der Waals surface area contributed by atoms with Crippen molar-refractivity contribution in [3.63, 3.8) is 0 Å². The van der Waals surface area contributed by atoms with Gasteiger partial charge in [0.05, 0.1) is 6.61 Å². The molecule has 5 atom stereocenters. The van der Waals surface area contributed by atoms with Crippen molar-refractivity contribution in [2.24, 2.45) is 11.8 Å². The van der Waals surface area contributed by atoms with Gasteiger partial charge in [0.15, 0.2) is 0 Å². The quantitative estimate of drug-likeness (QED) is 0.699. The first-order valence-corrected chi connectivity index (χ1v) is 11.9. The summed E-state index contributed by atoms with van der Waals surface area (Å²) in [4.78, 5) is 31.2. The summed E-state index contributed by atoms with van der Waals surface area (Å²) in [5.41, 5.74) is 8.78. The maximum atomic E-state index is 14.0. The molecule has 2 N–H and O–H groups in total. The zero-order valence-electron chi connectivity index (χ0n) is 18.2. The number of ether oxygens (including phenoxy) is 1. The second kappa shape index (κ2) is 7.29. The molecule has 0 bridgehead atoms. The summed E-state index contributed by atoms with van der Waals surface area (Å²) >= 11 is 0. The lowest BCUT2D eigenvalue weighted by molar-refractivity contribution is -0.147. The molecule has 1 spiro atoms. The van der Waals surface area contributed by atoms with E-state index in [1.807, 2.05) is 6.92 Å². The van der Waals surface area contributed by atoms with E-state index in [9.17, 15) is 9.59 Å². The summed E-state index contributed by atoms with van der Waals surface area (Å²) in [6.07, 6.45) is 4.98. The van der Waals surface area contributed by atoms with Gasteiger partial charge in [0.1, 0.15) is 11.6 Å². The predicted octanol–water partition coefficient (Wildman–Crippen LogP) is 0.875. The van der Waals surface area contributed by atoms with Crippen molar-refractivity contribution in [1.29, 1.82) is 0 Å². The van der Waals surface area contributed by atoms with Crippen LogP contribution in [0.5, 0.6) is 0 Å². The van der Waals surface area contributed by atoms with Crippen molar-refractivity contribution in [1.82, 2.24) is 20.7 Å². The summed E-state index contributed by atoms with van der Waals surface area (Å²) in [7, 11) is 0. The highest BCUT2D eigenvalue weighted by Crippen LogP contribution is 2.54. The Balaban J connectivity index is 1.24. The molecule has 4 aliphatic heterocycles. The molecule has 31 heavy (non-hydrogen) atoms. The molecule has 6 rings (SSSR count). The minimum Gasteiger partial charge on any atom is -0.465 e. The van der Waals surface area contributed by atoms with Gasteiger partial charge in [-0.25, -0.2) is 5.43 Å². The number of benzene rings is 1. The normalized spacial score (nSPS) is 37.3. The molecule has 1 aromatic carbocycles. The molecule has 4 saturated heterocycles. The Labute approximate surface area is 183 Å². The van der Waals surface area contributed by atoms with Gasteiger partial charge < -0.3 is 9.64 Å². The van der Waals surface area contributed by atoms with E-state index in [0.29, 0.717) is 24.5 Å². The van der Waals surface area contributed by atoms with Crippen molar-refractivity contribution < 1.29 is 14.3 Å². The van der Waals surface area contributed by atoms with Gasteiger partial charge in [-0.3, -0.25) is 19.9 Å². The van der Waals surface area contributed by atoms with E-state index in [4.69, 9.17) is 4.74 Å². The molecule has 7 heteroatoms. The number of hydrogen-bond donors (Lipinski definition) is 2. The van der Waals surface area contributed by atoms with Crippen molar-refractivity contribution in [3.8, 4) is 0 Å². The van der Waals surface area contributed by atoms with E-state index in [2.05, 4.69) is 44.9 Å². The maximum absolute atomic E-state index is 14.0. The first-order chi connectivity index (χ1) is 15.1. The van der Waals surface area contributed by atoms with Crippen molar-refractivity contribution >= 4 is 11.9 Å². The fourth-order valence-corrected chi connectivity index (χ4v) is 7.39. The minimum atomic E-state index is -0.346. The predicted molar refractivity (Wildman–Crippen MR) is 115 cm³/mol. The lowest BCUT2D eigenvalue weighted by atomic mass is 9.84. The van der Waals surface area contributed by atoms with Gasteiger partial charge in [-0.15, -0.1) is 0 Å². The van der Waals surface area contributed by atoms with Crippen LogP contribution >= 0.6 is 0 Å². The summed E-state index contributed by atoms with van der Waals surface area (Å²) < 4.78 is 5.32. The van der Waals surface area contributed by atoms with Crippen LogP contribution in [0.15, 0.2) is 24.3 Å². The topological polar surface area (TPSA) is 73.9 Å². The summed E-state index contributed by atoms with van der Waals surface area (Å²) in [5, 5.41) is 0. The fourth-order valence-electron chi connectivity index (χ4n) is 7.39. The Morgan fingerprint density at radius 1 is 1.26 bits per heavy atom. The van der Waals surface area contributed by atoms with Gasteiger partial charge in [0.2, 0.25) is 5.91 Å². The molecular weight excluding hydrogens is 392 g/mol. The standard InChI is InChI=1S/C24H32N4O3/c1-2-31-22(29)21-19(13-25-26-21)20-12-17-14-27(23(30)24(17)8-5-9-28(20)24)18-10-15-6-3-4-7-16(15)11-18/h3-4,6-7,17-21,25-26H,2,5,8-14H2,1H3/t17-,19?,20-,21?,24-/m0/s1. The minimum absolute atomic E-state index is 0.136. The average molecular weight is 425 g/mol. The van der Waals surface area contributed by atoms with E-state index in [-0.39, 0.29) is 29.5 Å². The Bertz CT molecular complexity index is 882. The van der Waals surface area contributed by atoms with E-state index in [1.165, 1.54) is 11.1 Å². The molecule has 1 aliphatic carbocycles. The number of carbonyl (C=O) groups is 2. The van der Waals surface area contributed by atoms with E-state index in [0.717, 1.165) is 51.7 Å². The highest BCUT2D eigenvalue weighted by molar-refractivity contribution is 5.90. The number of nitrogens with zero attached hydrogens (tertiary/aromatic N) is 2. The molecular formula is C24H32N4O3. The molecule has 0 radical (unpaired) electrons. The summed E-state index contributed by atoms with van der Waals surface area (Å²) in [6, 6.07) is 8.84. The molecule has 4 fully saturated rings. The van der Waals surface area contributed by atoms with Gasteiger partial charge in [-0.1, -0.05) is 24.3 Å². The number of fused-ring (bicyclic) bond motifs is 1. The van der Waals surface area contributed by atoms with E-state index < -0.39 is 0 Å². The third-order valence-corrected chi connectivity index (χ3v) is 8.65. The Hall–Kier alpha value is -1.96. The van der Waals surface area contributed by atoms with Crippen LogP contribution in [0.3, 0.4) is 0 Å². The second-order valence-electron chi connectivity index (χ2n) is 9.93. The zero-order valence-corrected chi connectivity index (χ0v) is 18.2. The third kappa shape index (κ3) is 2.76. The third-order valence-electron chi connectivity index (χ3n) is 8.65. The van der Waals surface area contributed by atoms with Crippen LogP contribution in [0.1, 0.15) is 37.3 Å². The number of nitrogens with one attached hydrogen (secondary N) is 2. The lowest BCUT2D eigenvalue weighted by Gasteiger charge is -2.37. The maximum Gasteiger partial charge on any atom is 0.324 e. The zero-order chi connectivity index (χ0) is 21.2. The molecule has 2 unspecified atom stereocenters. The molecule has 4 heterocycles. The van der Waals surface area contributed by atoms with Crippen LogP contribution in [0.25, 0.3) is 0 Å². The SMILES string of the molecule is CCOC(=O)C1NNCC1[C@@H]1C[C@H]2CN(C3Cc4ccccc4C3)C(=O)[C@]23CCCN13. The number of carbonyl (C=O) groups excluding carboxylic acids is 2. The first kappa shape index (κ1) is 19.7. The lowest BCUT2D eigenvalue weighted by Crippen LogP contribution is -2.55. The van der Waals surface area contributed by atoms with Gasteiger partial charge in [-0.05, 0) is 56.7 Å². The van der Waals surface area contributed by atoms with Crippen LogP contribution in [0.4, 0.5) is 0 Å². The van der Waals surface area contributed by atoms with Crippen LogP contribution in [-0.4, -0.2) is 71.6 Å². The fraction of sp³-hybridized carbons (Fsp3) is 0.667. The van der Waals surface area contributed by atoms with Gasteiger partial charge in [0, 0.05) is 37.0 Å². The Morgan fingerprint density at radius 2 is 2.03 bits per heavy atom. The second-order valence-corrected chi connectivity index (χ2v) is 9.93. The largest absolute Gasteiger partial charge is 0.465 e. The highest BCUT2D eigenvalue weighted by Gasteiger charge is 2.67. The Kier molecular flexibility index (Phi) is 4.63. The molecule has 0 saturated carbocycles. The van der Waals surface area contributed by atoms with Crippen LogP contribution in [0, 0.1) is 11.8 Å². The van der Waals surface area contributed by atoms with Gasteiger partial charge in [0.25, 0.3) is 0 Å². The summed E-state index contributed by atoms with van der Waals surface area (Å²) in [6.45, 7) is 4.80. The number of likely N-dealkylation sites (tertiary alicyclic amines) is 1. The monoisotopic (exact) mass is 424 g/mol. The van der Waals surface area contributed by atoms with Gasteiger partial charge in [-0.2, -0.15) is 0 Å². The number of esters is 1. The number of rotatable bonds is 4. The average Bonchev–Trinajstić information content (AvgIpc) is 3.55. The van der Waals surface area contributed by atoms with Gasteiger partial charge >= 0.3 is 5.97 Å².